The molecule has 4 aromatic rings. The topological polar surface area (TPSA) is 87.8 Å². The van der Waals surface area contributed by atoms with Gasteiger partial charge in [0, 0.05) is 30.2 Å². The molecule has 0 fully saturated rings. The van der Waals surface area contributed by atoms with Crippen molar-refractivity contribution in [1.82, 2.24) is 14.8 Å². The van der Waals surface area contributed by atoms with Gasteiger partial charge >= 0.3 is 5.97 Å². The van der Waals surface area contributed by atoms with E-state index in [1.54, 1.807) is 0 Å². The molecule has 2 heterocycles. The van der Waals surface area contributed by atoms with E-state index in [0.717, 1.165) is 39.3 Å². The zero-order valence-corrected chi connectivity index (χ0v) is 19.9. The molecule has 0 aliphatic carbocycles. The Labute approximate surface area is 209 Å². The Bertz CT molecular complexity index is 1410. The molecule has 1 amide bonds. The Balaban J connectivity index is 1.60. The molecule has 1 atom stereocenters. The Hall–Kier alpha value is -4.52. The third-order valence-corrected chi connectivity index (χ3v) is 6.27. The van der Waals surface area contributed by atoms with Crippen molar-refractivity contribution in [3.63, 3.8) is 0 Å². The fraction of sp³-hybridized carbons (Fsp3) is 0.172. The number of aryl methyl sites for hydroxylation is 1. The molecule has 0 unspecified atom stereocenters. The lowest BCUT2D eigenvalue weighted by atomic mass is 9.96. The van der Waals surface area contributed by atoms with Gasteiger partial charge in [-0.3, -0.25) is 9.59 Å². The Morgan fingerprint density at radius 2 is 1.56 bits per heavy atom. The second-order valence-electron chi connectivity index (χ2n) is 8.84. The van der Waals surface area contributed by atoms with Gasteiger partial charge in [0.2, 0.25) is 5.91 Å². The van der Waals surface area contributed by atoms with E-state index in [9.17, 15) is 9.59 Å². The maximum Gasteiger partial charge on any atom is 0.303 e. The number of carbonyl (C=O) groups excluding carboxylic acids is 1. The number of aromatic nitrogens is 2. The molecule has 1 aliphatic rings. The van der Waals surface area contributed by atoms with E-state index in [1.807, 2.05) is 103 Å². The van der Waals surface area contributed by atoms with Gasteiger partial charge in [-0.05, 0) is 24.6 Å². The first kappa shape index (κ1) is 23.2. The number of benzene rings is 3. The fourth-order valence-corrected chi connectivity index (χ4v) is 4.40. The van der Waals surface area contributed by atoms with Gasteiger partial charge in [0.1, 0.15) is 0 Å². The highest BCUT2D eigenvalue weighted by molar-refractivity contribution is 6.03. The third-order valence-electron chi connectivity index (χ3n) is 6.27. The third kappa shape index (κ3) is 4.81. The van der Waals surface area contributed by atoms with Crippen LogP contribution in [0.25, 0.3) is 16.9 Å². The minimum absolute atomic E-state index is 0.121. The van der Waals surface area contributed by atoms with Crippen molar-refractivity contribution >= 4 is 17.6 Å². The number of carboxylic acid groups (broad SMARTS) is 1. The van der Waals surface area contributed by atoms with Crippen LogP contribution in [0.3, 0.4) is 0 Å². The lowest BCUT2D eigenvalue weighted by Gasteiger charge is -2.21. The smallest absolute Gasteiger partial charge is 0.303 e. The number of hydrazone groups is 1. The molecular formula is C29H26N4O3. The molecule has 7 heteroatoms. The monoisotopic (exact) mass is 478 g/mol. The summed E-state index contributed by atoms with van der Waals surface area (Å²) >= 11 is 0. The van der Waals surface area contributed by atoms with E-state index < -0.39 is 12.0 Å². The van der Waals surface area contributed by atoms with E-state index >= 15 is 0 Å². The number of hydrogen-bond donors (Lipinski definition) is 1. The number of amides is 1. The number of para-hydroxylation sites is 1. The number of aliphatic carboxylic acids is 1. The molecule has 0 spiro atoms. The summed E-state index contributed by atoms with van der Waals surface area (Å²) in [4.78, 5) is 24.4. The highest BCUT2D eigenvalue weighted by atomic mass is 16.4. The van der Waals surface area contributed by atoms with Gasteiger partial charge in [0.25, 0.3) is 0 Å². The van der Waals surface area contributed by atoms with Gasteiger partial charge in [-0.2, -0.15) is 10.2 Å². The van der Waals surface area contributed by atoms with Gasteiger partial charge in [-0.15, -0.1) is 0 Å². The van der Waals surface area contributed by atoms with Crippen LogP contribution in [0.5, 0.6) is 0 Å². The molecule has 1 aromatic heterocycles. The van der Waals surface area contributed by atoms with Gasteiger partial charge in [-0.1, -0.05) is 78.4 Å². The van der Waals surface area contributed by atoms with Gasteiger partial charge in [0.05, 0.1) is 29.6 Å². The average Bonchev–Trinajstić information content (AvgIpc) is 3.54. The zero-order chi connectivity index (χ0) is 25.1. The Kier molecular flexibility index (Phi) is 6.45. The van der Waals surface area contributed by atoms with Crippen LogP contribution in [0.15, 0.2) is 96.2 Å². The summed E-state index contributed by atoms with van der Waals surface area (Å²) in [5.74, 6) is -1.33. The van der Waals surface area contributed by atoms with Gasteiger partial charge < -0.3 is 5.11 Å². The zero-order valence-electron chi connectivity index (χ0n) is 19.9. The predicted octanol–water partition coefficient (Wildman–Crippen LogP) is 5.39. The predicted molar refractivity (Wildman–Crippen MR) is 138 cm³/mol. The molecule has 1 N–H and O–H groups in total. The van der Waals surface area contributed by atoms with Crippen LogP contribution in [-0.2, 0) is 9.59 Å². The van der Waals surface area contributed by atoms with Crippen molar-refractivity contribution in [3.05, 3.63) is 108 Å². The summed E-state index contributed by atoms with van der Waals surface area (Å²) < 4.78 is 1.82. The lowest BCUT2D eigenvalue weighted by Crippen LogP contribution is -2.27. The summed E-state index contributed by atoms with van der Waals surface area (Å²) in [6, 6.07) is 27.3. The summed E-state index contributed by atoms with van der Waals surface area (Å²) in [6.07, 6.45) is 2.09. The van der Waals surface area contributed by atoms with Crippen molar-refractivity contribution < 1.29 is 14.7 Å². The lowest BCUT2D eigenvalue weighted by molar-refractivity contribution is -0.141. The van der Waals surface area contributed by atoms with Crippen molar-refractivity contribution in [1.29, 1.82) is 0 Å². The van der Waals surface area contributed by atoms with Crippen molar-refractivity contribution in [3.8, 4) is 16.9 Å². The van der Waals surface area contributed by atoms with E-state index in [-0.39, 0.29) is 18.7 Å². The highest BCUT2D eigenvalue weighted by Crippen LogP contribution is 2.38. The first-order valence-corrected chi connectivity index (χ1v) is 11.9. The van der Waals surface area contributed by atoms with Crippen LogP contribution in [0.2, 0.25) is 0 Å². The van der Waals surface area contributed by atoms with Gasteiger partial charge in [0.15, 0.2) is 0 Å². The molecule has 3 aromatic carbocycles. The minimum Gasteiger partial charge on any atom is -0.481 e. The van der Waals surface area contributed by atoms with E-state index in [2.05, 4.69) is 0 Å². The first-order chi connectivity index (χ1) is 17.5. The normalized spacial score (nSPS) is 15.1. The van der Waals surface area contributed by atoms with Crippen LogP contribution in [0.1, 0.15) is 42.0 Å². The fourth-order valence-electron chi connectivity index (χ4n) is 4.40. The molecule has 36 heavy (non-hydrogen) atoms. The second-order valence-corrected chi connectivity index (χ2v) is 8.84. The summed E-state index contributed by atoms with van der Waals surface area (Å²) in [5, 5.41) is 20.2. The van der Waals surface area contributed by atoms with Crippen LogP contribution in [0.4, 0.5) is 0 Å². The molecule has 1 aliphatic heterocycles. The number of carboxylic acids is 1. The summed E-state index contributed by atoms with van der Waals surface area (Å²) in [7, 11) is 0. The largest absolute Gasteiger partial charge is 0.481 e. The highest BCUT2D eigenvalue weighted by Gasteiger charge is 2.36. The van der Waals surface area contributed by atoms with E-state index in [0.29, 0.717) is 6.42 Å². The van der Waals surface area contributed by atoms with Crippen LogP contribution in [0, 0.1) is 6.92 Å². The molecule has 7 nitrogen and oxygen atoms in total. The molecule has 5 rings (SSSR count). The Morgan fingerprint density at radius 3 is 2.22 bits per heavy atom. The number of nitrogens with zero attached hydrogens (tertiary/aromatic N) is 4. The maximum atomic E-state index is 13.2. The van der Waals surface area contributed by atoms with Gasteiger partial charge in [-0.25, -0.2) is 9.69 Å². The van der Waals surface area contributed by atoms with Crippen LogP contribution < -0.4 is 0 Å². The van der Waals surface area contributed by atoms with Crippen molar-refractivity contribution in [2.75, 3.05) is 0 Å². The molecule has 180 valence electrons. The number of carbonyl (C=O) groups is 2. The molecule has 0 bridgehead atoms. The standard InChI is InChI=1S/C29H26N4O3/c1-20-12-14-22(15-13-20)29-24(19-32(31-29)23-10-6-3-7-11-23)26-18-25(21-8-4-2-5-9-21)30-33(26)27(34)16-17-28(35)36/h2-15,19,26H,16-18H2,1H3,(H,35,36)/t26-/m0/s1. The van der Waals surface area contributed by atoms with Crippen molar-refractivity contribution in [2.45, 2.75) is 32.2 Å². The van der Waals surface area contributed by atoms with E-state index in [4.69, 9.17) is 15.3 Å². The maximum absolute atomic E-state index is 13.2. The van der Waals surface area contributed by atoms with Crippen molar-refractivity contribution in [2.24, 2.45) is 5.10 Å². The molecule has 0 radical (unpaired) electrons. The van der Waals surface area contributed by atoms with E-state index in [1.165, 1.54) is 5.01 Å². The molecule has 0 saturated heterocycles. The quantitative estimate of drug-likeness (QED) is 0.386. The number of rotatable bonds is 7. The Morgan fingerprint density at radius 1 is 0.889 bits per heavy atom. The average molecular weight is 479 g/mol. The molecule has 0 saturated carbocycles. The van der Waals surface area contributed by atoms with Crippen LogP contribution in [-0.4, -0.2) is 37.5 Å². The van der Waals surface area contributed by atoms with Crippen LogP contribution >= 0.6 is 0 Å². The molecular weight excluding hydrogens is 452 g/mol. The second kappa shape index (κ2) is 10.00. The number of hydrogen-bond acceptors (Lipinski definition) is 4. The summed E-state index contributed by atoms with van der Waals surface area (Å²) in [5.41, 5.74) is 6.34. The first-order valence-electron chi connectivity index (χ1n) is 11.9. The minimum atomic E-state index is -1.01. The summed E-state index contributed by atoms with van der Waals surface area (Å²) in [6.45, 7) is 2.03. The SMILES string of the molecule is Cc1ccc(-c2nn(-c3ccccc3)cc2[C@@H]2CC(c3ccccc3)=NN2C(=O)CCC(=O)O)cc1.